The second-order valence-electron chi connectivity index (χ2n) is 6.52. The summed E-state index contributed by atoms with van der Waals surface area (Å²) in [6.45, 7) is 3.69. The van der Waals surface area contributed by atoms with E-state index in [0.29, 0.717) is 0 Å². The zero-order valence-corrected chi connectivity index (χ0v) is 19.4. The van der Waals surface area contributed by atoms with Crippen LogP contribution in [-0.4, -0.2) is 36.1 Å². The molecule has 0 fully saturated rings. The van der Waals surface area contributed by atoms with Gasteiger partial charge in [-0.05, 0) is 56.4 Å². The molecule has 2 heterocycles. The zero-order valence-electron chi connectivity index (χ0n) is 16.2. The Morgan fingerprint density at radius 3 is 2.79 bits per heavy atom. The van der Waals surface area contributed by atoms with Crippen molar-refractivity contribution in [1.29, 1.82) is 0 Å². The van der Waals surface area contributed by atoms with Gasteiger partial charge in [-0.1, -0.05) is 0 Å². The number of aromatic amines is 1. The van der Waals surface area contributed by atoms with Crippen molar-refractivity contribution in [3.8, 4) is 0 Å². The van der Waals surface area contributed by atoms with Crippen LogP contribution in [0.2, 0.25) is 0 Å². The van der Waals surface area contributed by atoms with Crippen molar-refractivity contribution >= 4 is 52.2 Å². The van der Waals surface area contributed by atoms with Crippen molar-refractivity contribution in [2.75, 3.05) is 20.1 Å². The fraction of sp³-hybridized carbons (Fsp3) is 0.400. The molecule has 152 valence electrons. The molecule has 0 aliphatic heterocycles. The number of hydrogen-bond acceptors (Lipinski definition) is 3. The van der Waals surface area contributed by atoms with E-state index in [0.717, 1.165) is 61.3 Å². The maximum absolute atomic E-state index is 13.3. The van der Waals surface area contributed by atoms with Gasteiger partial charge in [0.05, 0.1) is 5.01 Å². The number of halogens is 2. The van der Waals surface area contributed by atoms with Crippen molar-refractivity contribution in [3.63, 3.8) is 0 Å². The average Bonchev–Trinajstić information content (AvgIpc) is 3.25. The molecule has 0 aliphatic carbocycles. The molecule has 0 saturated carbocycles. The van der Waals surface area contributed by atoms with Gasteiger partial charge in [0.2, 0.25) is 0 Å². The van der Waals surface area contributed by atoms with Gasteiger partial charge in [-0.25, -0.2) is 9.37 Å². The van der Waals surface area contributed by atoms with Gasteiger partial charge in [0.1, 0.15) is 5.82 Å². The van der Waals surface area contributed by atoms with E-state index in [-0.39, 0.29) is 29.8 Å². The number of thiazole rings is 1. The minimum atomic E-state index is -0.219. The summed E-state index contributed by atoms with van der Waals surface area (Å²) in [6, 6.07) is 4.86. The molecule has 0 amide bonds. The van der Waals surface area contributed by atoms with Gasteiger partial charge in [0.15, 0.2) is 5.96 Å². The Bertz CT molecular complexity index is 905. The van der Waals surface area contributed by atoms with Crippen molar-refractivity contribution in [2.45, 2.75) is 32.6 Å². The number of nitrogens with zero attached hydrogens (tertiary/aromatic N) is 2. The monoisotopic (exact) mass is 515 g/mol. The first kappa shape index (κ1) is 22.6. The Kier molecular flexibility index (Phi) is 9.17. The number of aliphatic imine (C=N–C) groups is 1. The van der Waals surface area contributed by atoms with Crippen molar-refractivity contribution in [2.24, 2.45) is 4.99 Å². The third-order valence-electron chi connectivity index (χ3n) is 4.42. The van der Waals surface area contributed by atoms with E-state index < -0.39 is 0 Å². The molecule has 28 heavy (non-hydrogen) atoms. The molecule has 8 heteroatoms. The Hall–Kier alpha value is -1.68. The Morgan fingerprint density at radius 1 is 1.21 bits per heavy atom. The molecule has 3 rings (SSSR count). The van der Waals surface area contributed by atoms with Gasteiger partial charge in [-0.3, -0.25) is 4.99 Å². The largest absolute Gasteiger partial charge is 0.361 e. The molecule has 0 aliphatic rings. The molecule has 3 N–H and O–H groups in total. The standard InChI is InChI=1S/C20H26FN5S.HI/c1-14-13-27-19(26-14)5-3-4-9-23-20(22-2)24-10-8-15-12-25-18-11-16(21)6-7-17(15)18;/h6-7,11-13,25H,3-5,8-10H2,1-2H3,(H2,22,23,24);1H. The van der Waals surface area contributed by atoms with Crippen LogP contribution in [0.5, 0.6) is 0 Å². The molecule has 0 radical (unpaired) electrons. The molecular weight excluding hydrogens is 488 g/mol. The number of guanidine groups is 1. The average molecular weight is 515 g/mol. The van der Waals surface area contributed by atoms with Gasteiger partial charge >= 0.3 is 0 Å². The first-order valence-electron chi connectivity index (χ1n) is 9.27. The summed E-state index contributed by atoms with van der Waals surface area (Å²) < 4.78 is 13.3. The highest BCUT2D eigenvalue weighted by Crippen LogP contribution is 2.19. The number of unbranched alkanes of at least 4 members (excludes halogenated alkanes) is 1. The lowest BCUT2D eigenvalue weighted by atomic mass is 10.1. The quantitative estimate of drug-likeness (QED) is 0.180. The maximum Gasteiger partial charge on any atom is 0.190 e. The van der Waals surface area contributed by atoms with Crippen molar-refractivity contribution in [1.82, 2.24) is 20.6 Å². The number of aryl methyl sites for hydroxylation is 2. The molecule has 2 aromatic heterocycles. The third kappa shape index (κ3) is 6.44. The number of H-pyrrole nitrogens is 1. The molecule has 0 unspecified atom stereocenters. The van der Waals surface area contributed by atoms with E-state index >= 15 is 0 Å². The normalized spacial score (nSPS) is 11.5. The second kappa shape index (κ2) is 11.4. The number of aromatic nitrogens is 2. The summed E-state index contributed by atoms with van der Waals surface area (Å²) in [6.07, 6.45) is 6.02. The Balaban J connectivity index is 0.00000280. The summed E-state index contributed by atoms with van der Waals surface area (Å²) in [5.41, 5.74) is 3.12. The first-order chi connectivity index (χ1) is 13.2. The predicted octanol–water partition coefficient (Wildman–Crippen LogP) is 4.42. The second-order valence-corrected chi connectivity index (χ2v) is 7.46. The van der Waals surface area contributed by atoms with Crippen LogP contribution >= 0.6 is 35.3 Å². The zero-order chi connectivity index (χ0) is 19.1. The first-order valence-corrected chi connectivity index (χ1v) is 10.1. The lowest BCUT2D eigenvalue weighted by molar-refractivity contribution is 0.629. The molecule has 3 aromatic rings. The summed E-state index contributed by atoms with van der Waals surface area (Å²) in [5, 5.41) is 11.1. The summed E-state index contributed by atoms with van der Waals surface area (Å²) in [5.74, 6) is 0.592. The van der Waals surface area contributed by atoms with E-state index in [4.69, 9.17) is 0 Å². The predicted molar refractivity (Wildman–Crippen MR) is 127 cm³/mol. The SMILES string of the molecule is CN=C(NCCCCc1nc(C)cs1)NCCc1c[nH]c2cc(F)ccc12.I. The van der Waals surface area contributed by atoms with Crippen LogP contribution in [0.1, 0.15) is 29.1 Å². The van der Waals surface area contributed by atoms with Crippen LogP contribution in [0.15, 0.2) is 34.8 Å². The van der Waals surface area contributed by atoms with Crippen LogP contribution in [0.25, 0.3) is 10.9 Å². The van der Waals surface area contributed by atoms with E-state index in [2.05, 4.69) is 31.0 Å². The van der Waals surface area contributed by atoms with E-state index in [1.807, 2.05) is 19.2 Å². The molecule has 5 nitrogen and oxygen atoms in total. The van der Waals surface area contributed by atoms with Crippen molar-refractivity contribution < 1.29 is 4.39 Å². The van der Waals surface area contributed by atoms with Gasteiger partial charge in [0.25, 0.3) is 0 Å². The van der Waals surface area contributed by atoms with Gasteiger partial charge in [-0.2, -0.15) is 0 Å². The highest BCUT2D eigenvalue weighted by atomic mass is 127. The van der Waals surface area contributed by atoms with Gasteiger partial charge in [-0.15, -0.1) is 35.3 Å². The number of rotatable bonds is 8. The maximum atomic E-state index is 13.3. The number of benzene rings is 1. The molecule has 0 saturated heterocycles. The minimum absolute atomic E-state index is 0. The lowest BCUT2D eigenvalue weighted by Crippen LogP contribution is -2.38. The molecule has 0 bridgehead atoms. The highest BCUT2D eigenvalue weighted by molar-refractivity contribution is 14.0. The fourth-order valence-electron chi connectivity index (χ4n) is 3.03. The topological polar surface area (TPSA) is 65.1 Å². The van der Waals surface area contributed by atoms with E-state index in [1.54, 1.807) is 18.4 Å². The van der Waals surface area contributed by atoms with Crippen LogP contribution < -0.4 is 10.6 Å². The van der Waals surface area contributed by atoms with Gasteiger partial charge < -0.3 is 15.6 Å². The number of nitrogens with one attached hydrogen (secondary N) is 3. The van der Waals surface area contributed by atoms with Crippen molar-refractivity contribution in [3.05, 3.63) is 51.9 Å². The number of fused-ring (bicyclic) bond motifs is 1. The van der Waals surface area contributed by atoms with Crippen LogP contribution in [0.3, 0.4) is 0 Å². The third-order valence-corrected chi connectivity index (χ3v) is 5.44. The fourth-order valence-corrected chi connectivity index (χ4v) is 3.85. The van der Waals surface area contributed by atoms with Crippen LogP contribution in [-0.2, 0) is 12.8 Å². The van der Waals surface area contributed by atoms with Crippen LogP contribution in [0, 0.1) is 12.7 Å². The summed E-state index contributed by atoms with van der Waals surface area (Å²) >= 11 is 1.74. The van der Waals surface area contributed by atoms with E-state index in [9.17, 15) is 4.39 Å². The minimum Gasteiger partial charge on any atom is -0.361 e. The molecule has 1 aromatic carbocycles. The van der Waals surface area contributed by atoms with Gasteiger partial charge in [0, 0.05) is 48.3 Å². The Morgan fingerprint density at radius 2 is 2.04 bits per heavy atom. The summed E-state index contributed by atoms with van der Waals surface area (Å²) in [7, 11) is 1.78. The molecule has 0 spiro atoms. The lowest BCUT2D eigenvalue weighted by Gasteiger charge is -2.11. The summed E-state index contributed by atoms with van der Waals surface area (Å²) in [4.78, 5) is 11.9. The van der Waals surface area contributed by atoms with E-state index in [1.165, 1.54) is 22.7 Å². The highest BCUT2D eigenvalue weighted by Gasteiger charge is 2.05. The molecule has 0 atom stereocenters. The Labute approximate surface area is 186 Å². The van der Waals surface area contributed by atoms with Crippen LogP contribution in [0.4, 0.5) is 4.39 Å². The molecular formula is C20H27FIN5S. The smallest absolute Gasteiger partial charge is 0.190 e. The number of hydrogen-bond donors (Lipinski definition) is 3.